The predicted molar refractivity (Wildman–Crippen MR) is 88.6 cm³/mol. The maximum atomic E-state index is 10.4. The molecule has 0 saturated heterocycles. The van der Waals surface area contributed by atoms with Crippen molar-refractivity contribution in [2.24, 2.45) is 15.9 Å². The Bertz CT molecular complexity index is 502. The van der Waals surface area contributed by atoms with Crippen molar-refractivity contribution in [1.82, 2.24) is 0 Å². The first-order valence-electron chi connectivity index (χ1n) is 7.46. The quantitative estimate of drug-likeness (QED) is 0.233. The van der Waals surface area contributed by atoms with Crippen LogP contribution in [0.25, 0.3) is 0 Å². The van der Waals surface area contributed by atoms with Crippen molar-refractivity contribution >= 4 is 11.7 Å². The van der Waals surface area contributed by atoms with E-state index < -0.39 is 0 Å². The predicted octanol–water partition coefficient (Wildman–Crippen LogP) is 3.76. The first-order chi connectivity index (χ1) is 10.4. The van der Waals surface area contributed by atoms with E-state index in [2.05, 4.69) is 10.2 Å². The Morgan fingerprint density at radius 1 is 1.22 bits per heavy atom. The van der Waals surface area contributed by atoms with E-state index in [0.717, 1.165) is 19.3 Å². The van der Waals surface area contributed by atoms with Crippen molar-refractivity contribution in [3.8, 4) is 5.75 Å². The van der Waals surface area contributed by atoms with Gasteiger partial charge in [-0.15, -0.1) is 4.91 Å². The van der Waals surface area contributed by atoms with Crippen molar-refractivity contribution in [1.29, 1.82) is 0 Å². The van der Waals surface area contributed by atoms with Crippen LogP contribution in [0.3, 0.4) is 0 Å². The number of nitroso groups, excluding NO2 is 1. The summed E-state index contributed by atoms with van der Waals surface area (Å²) in [6, 6.07) is 7.06. The largest absolute Gasteiger partial charge is 0.494 e. The van der Waals surface area contributed by atoms with Crippen molar-refractivity contribution in [3.63, 3.8) is 0 Å². The van der Waals surface area contributed by atoms with Gasteiger partial charge in [-0.05, 0) is 57.3 Å². The number of nitrogens with zero attached hydrogens (tertiary/aromatic N) is 2. The SMILES string of the molecule is CC(C)(C)OC(N)=NCCCCCOc1cccc(N=O)c1.[U]. The number of ether oxygens (including phenoxy) is 2. The third-order valence-corrected chi connectivity index (χ3v) is 2.67. The van der Waals surface area contributed by atoms with Crippen LogP contribution >= 0.6 is 0 Å². The first-order valence-corrected chi connectivity index (χ1v) is 7.46. The summed E-state index contributed by atoms with van der Waals surface area (Å²) in [5.41, 5.74) is 5.74. The molecule has 23 heavy (non-hydrogen) atoms. The maximum absolute atomic E-state index is 10.4. The number of hydrogen-bond donors (Lipinski definition) is 1. The molecule has 126 valence electrons. The van der Waals surface area contributed by atoms with E-state index >= 15 is 0 Å². The second-order valence-electron chi connectivity index (χ2n) is 5.93. The fourth-order valence-electron chi connectivity index (χ4n) is 1.75. The maximum Gasteiger partial charge on any atom is 0.282 e. The van der Waals surface area contributed by atoms with E-state index in [-0.39, 0.29) is 42.7 Å². The van der Waals surface area contributed by atoms with Crippen LogP contribution in [0.5, 0.6) is 5.75 Å². The number of amidine groups is 1. The summed E-state index contributed by atoms with van der Waals surface area (Å²) < 4.78 is 11.0. The topological polar surface area (TPSA) is 86.3 Å². The third kappa shape index (κ3) is 11.2. The van der Waals surface area contributed by atoms with Crippen LogP contribution in [-0.4, -0.2) is 24.8 Å². The zero-order chi connectivity index (χ0) is 16.4. The minimum absolute atomic E-state index is 0. The molecular formula is C16H25N3O3U. The average Bonchev–Trinajstić information content (AvgIpc) is 2.44. The molecule has 1 aromatic rings. The van der Waals surface area contributed by atoms with E-state index in [1.54, 1.807) is 18.2 Å². The number of hydrogen-bond acceptors (Lipinski definition) is 5. The zero-order valence-electron chi connectivity index (χ0n) is 14.0. The number of aliphatic imine (C=N–C) groups is 1. The molecule has 7 heteroatoms. The Hall–Kier alpha value is -1.06. The molecule has 0 radical (unpaired) electrons. The van der Waals surface area contributed by atoms with Crippen molar-refractivity contribution in [2.75, 3.05) is 13.2 Å². The number of nitrogens with two attached hydrogens (primary N) is 1. The van der Waals surface area contributed by atoms with Crippen molar-refractivity contribution < 1.29 is 40.6 Å². The Kier molecular flexibility index (Phi) is 10.9. The standard InChI is InChI=1S/C16H25N3O3.U/c1-16(2,3)22-15(17)18-10-5-4-6-11-21-14-9-7-8-13(12-14)19-20;/h7-9,12H,4-6,10-11H2,1-3H3,(H2,17,18);. The Balaban J connectivity index is 0.00000484. The monoisotopic (exact) mass is 545 g/mol. The summed E-state index contributed by atoms with van der Waals surface area (Å²) in [4.78, 5) is 14.6. The first kappa shape index (κ1) is 21.9. The second kappa shape index (κ2) is 11.5. The molecule has 0 atom stereocenters. The van der Waals surface area contributed by atoms with Crippen LogP contribution in [0.15, 0.2) is 34.4 Å². The summed E-state index contributed by atoms with van der Waals surface area (Å²) in [6.07, 6.45) is 2.82. The smallest absolute Gasteiger partial charge is 0.282 e. The molecular weight excluding hydrogens is 520 g/mol. The summed E-state index contributed by atoms with van der Waals surface area (Å²) in [6.45, 7) is 7.04. The van der Waals surface area contributed by atoms with Crippen LogP contribution in [0.1, 0.15) is 40.0 Å². The molecule has 2 N–H and O–H groups in total. The van der Waals surface area contributed by atoms with Gasteiger partial charge in [0.2, 0.25) is 0 Å². The molecule has 6 nitrogen and oxygen atoms in total. The average molecular weight is 545 g/mol. The summed E-state index contributed by atoms with van der Waals surface area (Å²) in [5.74, 6) is 0.665. The van der Waals surface area contributed by atoms with E-state index in [1.165, 1.54) is 0 Å². The molecule has 0 spiro atoms. The van der Waals surface area contributed by atoms with Crippen molar-refractivity contribution in [2.45, 2.75) is 45.6 Å². The molecule has 0 aromatic heterocycles. The van der Waals surface area contributed by atoms with Gasteiger partial charge in [0.1, 0.15) is 17.0 Å². The Labute approximate surface area is 161 Å². The van der Waals surface area contributed by atoms with E-state index in [4.69, 9.17) is 15.2 Å². The normalized spacial score (nSPS) is 11.5. The van der Waals surface area contributed by atoms with Crippen LogP contribution in [0.4, 0.5) is 5.69 Å². The molecule has 0 aliphatic rings. The Morgan fingerprint density at radius 2 is 1.96 bits per heavy atom. The van der Waals surface area contributed by atoms with E-state index in [9.17, 15) is 4.91 Å². The van der Waals surface area contributed by atoms with Crippen LogP contribution in [-0.2, 0) is 4.74 Å². The third-order valence-electron chi connectivity index (χ3n) is 2.67. The number of benzene rings is 1. The number of unbranched alkanes of at least 4 members (excludes halogenated alkanes) is 2. The van der Waals surface area contributed by atoms with Gasteiger partial charge in [0.25, 0.3) is 6.02 Å². The molecule has 1 aromatic carbocycles. The van der Waals surface area contributed by atoms with Gasteiger partial charge in [-0.3, -0.25) is 0 Å². The van der Waals surface area contributed by atoms with E-state index in [1.807, 2.05) is 26.8 Å². The van der Waals surface area contributed by atoms with Gasteiger partial charge in [0.05, 0.1) is 6.61 Å². The fraction of sp³-hybridized carbons (Fsp3) is 0.562. The van der Waals surface area contributed by atoms with Gasteiger partial charge in [-0.2, -0.15) is 0 Å². The van der Waals surface area contributed by atoms with Crippen molar-refractivity contribution in [3.05, 3.63) is 29.2 Å². The minimum atomic E-state index is -0.313. The summed E-state index contributed by atoms with van der Waals surface area (Å²) in [5, 5.41) is 2.87. The minimum Gasteiger partial charge on any atom is -0.494 e. The molecule has 0 aliphatic carbocycles. The molecule has 0 amide bonds. The second-order valence-corrected chi connectivity index (χ2v) is 5.93. The van der Waals surface area contributed by atoms with Gasteiger partial charge in [0, 0.05) is 43.7 Å². The van der Waals surface area contributed by atoms with Gasteiger partial charge in [-0.1, -0.05) is 6.07 Å². The van der Waals surface area contributed by atoms with Gasteiger partial charge in [0.15, 0.2) is 0 Å². The molecule has 1 rings (SSSR count). The molecule has 0 saturated carbocycles. The Morgan fingerprint density at radius 3 is 2.61 bits per heavy atom. The summed E-state index contributed by atoms with van der Waals surface area (Å²) in [7, 11) is 0. The van der Waals surface area contributed by atoms with Crippen LogP contribution in [0.2, 0.25) is 0 Å². The van der Waals surface area contributed by atoms with E-state index in [0.29, 0.717) is 24.6 Å². The number of rotatable bonds is 8. The van der Waals surface area contributed by atoms with Crippen LogP contribution < -0.4 is 10.5 Å². The summed E-state index contributed by atoms with van der Waals surface area (Å²) >= 11 is 0. The molecule has 0 unspecified atom stereocenters. The van der Waals surface area contributed by atoms with Crippen LogP contribution in [0, 0.1) is 36.0 Å². The van der Waals surface area contributed by atoms with Gasteiger partial charge >= 0.3 is 0 Å². The fourth-order valence-corrected chi connectivity index (χ4v) is 1.75. The van der Waals surface area contributed by atoms with Gasteiger partial charge in [-0.25, -0.2) is 4.99 Å². The van der Waals surface area contributed by atoms with Gasteiger partial charge < -0.3 is 15.2 Å². The molecule has 0 bridgehead atoms. The molecule has 0 heterocycles. The molecule has 0 fully saturated rings. The molecule has 0 aliphatic heterocycles. The zero-order valence-corrected chi connectivity index (χ0v) is 18.2.